The smallest absolute Gasteiger partial charge is 0.251 e. The van der Waals surface area contributed by atoms with Gasteiger partial charge in [-0.3, -0.25) is 9.52 Å². The number of nitrogens with one attached hydrogen (secondary N) is 2. The third kappa shape index (κ3) is 4.65. The molecule has 1 aliphatic heterocycles. The molecule has 150 valence electrons. The van der Waals surface area contributed by atoms with Gasteiger partial charge in [-0.15, -0.1) is 0 Å². The van der Waals surface area contributed by atoms with Crippen LogP contribution in [0.15, 0.2) is 42.5 Å². The first kappa shape index (κ1) is 20.2. The lowest BCUT2D eigenvalue weighted by Gasteiger charge is -2.38. The minimum absolute atomic E-state index is 0.00635. The average molecular weight is 403 g/mol. The van der Waals surface area contributed by atoms with Crippen LogP contribution in [0.4, 0.5) is 5.69 Å². The predicted molar refractivity (Wildman–Crippen MR) is 110 cm³/mol. The van der Waals surface area contributed by atoms with Crippen molar-refractivity contribution in [1.29, 1.82) is 0 Å². The number of carbonyl (C=O) groups excluding carboxylic acids is 1. The van der Waals surface area contributed by atoms with Crippen molar-refractivity contribution in [3.8, 4) is 5.75 Å². The Bertz CT molecular complexity index is 982. The number of hydrogen-bond donors (Lipinski definition) is 2. The van der Waals surface area contributed by atoms with Gasteiger partial charge in [-0.2, -0.15) is 0 Å². The highest BCUT2D eigenvalue weighted by molar-refractivity contribution is 7.92. The number of rotatable bonds is 5. The molecule has 28 heavy (non-hydrogen) atoms. The van der Waals surface area contributed by atoms with Crippen molar-refractivity contribution in [2.24, 2.45) is 0 Å². The minimum atomic E-state index is -3.34. The fourth-order valence-electron chi connectivity index (χ4n) is 3.29. The van der Waals surface area contributed by atoms with E-state index in [1.165, 1.54) is 0 Å². The van der Waals surface area contributed by atoms with Crippen LogP contribution in [-0.2, 0) is 10.0 Å². The van der Waals surface area contributed by atoms with E-state index in [2.05, 4.69) is 10.0 Å². The van der Waals surface area contributed by atoms with Gasteiger partial charge in [0.05, 0.1) is 11.8 Å². The van der Waals surface area contributed by atoms with Crippen LogP contribution in [0.1, 0.15) is 54.7 Å². The van der Waals surface area contributed by atoms with E-state index in [0.717, 1.165) is 16.9 Å². The van der Waals surface area contributed by atoms with Gasteiger partial charge < -0.3 is 10.1 Å². The van der Waals surface area contributed by atoms with Crippen LogP contribution < -0.4 is 14.8 Å². The first-order valence-electron chi connectivity index (χ1n) is 9.29. The quantitative estimate of drug-likeness (QED) is 0.797. The molecule has 0 spiro atoms. The Kier molecular flexibility index (Phi) is 5.39. The molecule has 1 amide bonds. The summed E-state index contributed by atoms with van der Waals surface area (Å²) in [5.41, 5.74) is 2.60. The molecular formula is C21H26N2O4S. The van der Waals surface area contributed by atoms with Crippen LogP contribution in [-0.4, -0.2) is 25.7 Å². The summed E-state index contributed by atoms with van der Waals surface area (Å²) < 4.78 is 31.8. The van der Waals surface area contributed by atoms with Crippen LogP contribution in [0, 0.1) is 6.92 Å². The Morgan fingerprint density at radius 3 is 2.50 bits per heavy atom. The monoisotopic (exact) mass is 402 g/mol. The molecule has 2 N–H and O–H groups in total. The van der Waals surface area contributed by atoms with Crippen LogP contribution in [0.2, 0.25) is 0 Å². The lowest BCUT2D eigenvalue weighted by molar-refractivity contribution is 0.0619. The van der Waals surface area contributed by atoms with E-state index in [1.54, 1.807) is 31.2 Å². The number of amides is 1. The Morgan fingerprint density at radius 1 is 1.18 bits per heavy atom. The number of sulfonamides is 1. The van der Waals surface area contributed by atoms with Crippen LogP contribution in [0.25, 0.3) is 0 Å². The lowest BCUT2D eigenvalue weighted by atomic mass is 9.88. The summed E-state index contributed by atoms with van der Waals surface area (Å²) in [5.74, 6) is 0.574. The van der Waals surface area contributed by atoms with Crippen molar-refractivity contribution in [3.05, 3.63) is 59.2 Å². The van der Waals surface area contributed by atoms with Crippen LogP contribution >= 0.6 is 0 Å². The van der Waals surface area contributed by atoms with E-state index in [4.69, 9.17) is 4.74 Å². The van der Waals surface area contributed by atoms with Gasteiger partial charge in [-0.25, -0.2) is 8.42 Å². The van der Waals surface area contributed by atoms with E-state index in [1.807, 2.05) is 39.0 Å². The highest BCUT2D eigenvalue weighted by Crippen LogP contribution is 2.40. The summed E-state index contributed by atoms with van der Waals surface area (Å²) in [6, 6.07) is 12.2. The SMILES string of the molecule is CCS(=O)(=O)Nc1ccc(C(=O)N[C@@H]2CC(C)(C)Oc3ccc(C)cc32)cc1. The van der Waals surface area contributed by atoms with E-state index in [-0.39, 0.29) is 23.3 Å². The number of hydrogen-bond acceptors (Lipinski definition) is 4. The maximum atomic E-state index is 12.8. The largest absolute Gasteiger partial charge is 0.487 e. The highest BCUT2D eigenvalue weighted by Gasteiger charge is 2.34. The van der Waals surface area contributed by atoms with Crippen molar-refractivity contribution in [2.75, 3.05) is 10.5 Å². The summed E-state index contributed by atoms with van der Waals surface area (Å²) in [5, 5.41) is 3.10. The number of carbonyl (C=O) groups is 1. The van der Waals surface area contributed by atoms with E-state index in [9.17, 15) is 13.2 Å². The van der Waals surface area contributed by atoms with E-state index >= 15 is 0 Å². The molecule has 0 saturated heterocycles. The zero-order valence-electron chi connectivity index (χ0n) is 16.6. The van der Waals surface area contributed by atoms with Gasteiger partial charge in [0.15, 0.2) is 0 Å². The Labute approximate surface area is 166 Å². The van der Waals surface area contributed by atoms with Gasteiger partial charge in [0.25, 0.3) is 5.91 Å². The van der Waals surface area contributed by atoms with Crippen LogP contribution in [0.5, 0.6) is 5.75 Å². The number of aryl methyl sites for hydroxylation is 1. The zero-order valence-corrected chi connectivity index (χ0v) is 17.4. The molecule has 3 rings (SSSR count). The molecule has 0 radical (unpaired) electrons. The van der Waals surface area contributed by atoms with Crippen molar-refractivity contribution in [2.45, 2.75) is 45.8 Å². The topological polar surface area (TPSA) is 84.5 Å². The number of ether oxygens (including phenoxy) is 1. The molecule has 0 bridgehead atoms. The molecule has 7 heteroatoms. The summed E-state index contributed by atoms with van der Waals surface area (Å²) >= 11 is 0. The fourth-order valence-corrected chi connectivity index (χ4v) is 3.93. The Hall–Kier alpha value is -2.54. The maximum Gasteiger partial charge on any atom is 0.251 e. The Morgan fingerprint density at radius 2 is 1.86 bits per heavy atom. The van der Waals surface area contributed by atoms with E-state index in [0.29, 0.717) is 17.7 Å². The maximum absolute atomic E-state index is 12.8. The fraction of sp³-hybridized carbons (Fsp3) is 0.381. The molecule has 6 nitrogen and oxygen atoms in total. The lowest BCUT2D eigenvalue weighted by Crippen LogP contribution is -2.41. The van der Waals surface area contributed by atoms with Gasteiger partial charge in [0.1, 0.15) is 11.4 Å². The van der Waals surface area contributed by atoms with Gasteiger partial charge in [-0.1, -0.05) is 17.7 Å². The first-order chi connectivity index (χ1) is 13.1. The van der Waals surface area contributed by atoms with E-state index < -0.39 is 10.0 Å². The third-order valence-corrected chi connectivity index (χ3v) is 6.04. The second-order valence-corrected chi connectivity index (χ2v) is 9.73. The molecular weight excluding hydrogens is 376 g/mol. The molecule has 0 aromatic heterocycles. The van der Waals surface area contributed by atoms with Gasteiger partial charge in [0, 0.05) is 23.2 Å². The van der Waals surface area contributed by atoms with Crippen LogP contribution in [0.3, 0.4) is 0 Å². The number of anilines is 1. The van der Waals surface area contributed by atoms with Crippen molar-refractivity contribution in [3.63, 3.8) is 0 Å². The molecule has 1 atom stereocenters. The third-order valence-electron chi connectivity index (χ3n) is 4.73. The molecule has 0 fully saturated rings. The van der Waals surface area contributed by atoms with Crippen molar-refractivity contribution < 1.29 is 17.9 Å². The molecule has 2 aromatic carbocycles. The zero-order chi connectivity index (χ0) is 20.5. The van der Waals surface area contributed by atoms with Gasteiger partial charge in [-0.05, 0) is 58.0 Å². The molecule has 0 saturated carbocycles. The summed E-state index contributed by atoms with van der Waals surface area (Å²) in [4.78, 5) is 12.8. The minimum Gasteiger partial charge on any atom is -0.487 e. The normalized spacial score (nSPS) is 17.9. The second-order valence-electron chi connectivity index (χ2n) is 7.72. The first-order valence-corrected chi connectivity index (χ1v) is 10.9. The summed E-state index contributed by atoms with van der Waals surface area (Å²) in [7, 11) is -3.34. The number of benzene rings is 2. The molecule has 1 heterocycles. The van der Waals surface area contributed by atoms with Crippen molar-refractivity contribution in [1.82, 2.24) is 5.32 Å². The second kappa shape index (κ2) is 7.47. The van der Waals surface area contributed by atoms with Crippen molar-refractivity contribution >= 4 is 21.6 Å². The number of fused-ring (bicyclic) bond motifs is 1. The van der Waals surface area contributed by atoms with Gasteiger partial charge in [0.2, 0.25) is 10.0 Å². The molecule has 0 unspecified atom stereocenters. The summed E-state index contributed by atoms with van der Waals surface area (Å²) in [6.45, 7) is 7.58. The highest BCUT2D eigenvalue weighted by atomic mass is 32.2. The summed E-state index contributed by atoms with van der Waals surface area (Å²) in [6.07, 6.45) is 0.656. The predicted octanol–water partition coefficient (Wildman–Crippen LogP) is 3.79. The standard InChI is InChI=1S/C21H26N2O4S/c1-5-28(25,26)23-16-9-7-15(8-10-16)20(24)22-18-13-21(3,4)27-19-11-6-14(2)12-17(18)19/h6-12,18,23H,5,13H2,1-4H3,(H,22,24)/t18-/m1/s1. The van der Waals surface area contributed by atoms with Gasteiger partial charge >= 0.3 is 0 Å². The Balaban J connectivity index is 1.78. The average Bonchev–Trinajstić information content (AvgIpc) is 2.62. The molecule has 2 aromatic rings. The molecule has 0 aliphatic carbocycles. The molecule has 1 aliphatic rings.